The number of esters is 1. The number of aryl methyl sites for hydroxylation is 1. The number of carbonyl (C=O) groups excluding carboxylic acids is 1. The van der Waals surface area contributed by atoms with Crippen LogP contribution in [0.2, 0.25) is 0 Å². The summed E-state index contributed by atoms with van der Waals surface area (Å²) >= 11 is 0. The van der Waals surface area contributed by atoms with E-state index in [2.05, 4.69) is 19.1 Å². The van der Waals surface area contributed by atoms with E-state index in [-0.39, 0.29) is 26.4 Å². The fourth-order valence-corrected chi connectivity index (χ4v) is 10.2. The molecule has 0 unspecified atom stereocenters. The van der Waals surface area contributed by atoms with Crippen LogP contribution in [0, 0.1) is 23.7 Å². The van der Waals surface area contributed by atoms with E-state index in [1.807, 2.05) is 12.1 Å². The Morgan fingerprint density at radius 2 is 1.62 bits per heavy atom. The number of hydrogen-bond donors (Lipinski definition) is 5. The smallest absolute Gasteiger partial charge is 0.369 e. The van der Waals surface area contributed by atoms with Crippen molar-refractivity contribution in [1.29, 1.82) is 0 Å². The second-order valence-electron chi connectivity index (χ2n) is 13.8. The Morgan fingerprint density at radius 3 is 2.38 bits per heavy atom. The molecule has 0 spiro atoms. The van der Waals surface area contributed by atoms with Gasteiger partial charge < -0.3 is 43.8 Å². The minimum atomic E-state index is -5.48. The maximum absolute atomic E-state index is 12.5. The molecule has 2 saturated carbocycles. The van der Waals surface area contributed by atoms with Gasteiger partial charge in [0.25, 0.3) is 5.08 Å². The van der Waals surface area contributed by atoms with Gasteiger partial charge in [-0.05, 0) is 116 Å². The van der Waals surface area contributed by atoms with E-state index in [1.54, 1.807) is 30.1 Å². The molecular formula is C34H49NO11P2. The van der Waals surface area contributed by atoms with Crippen LogP contribution in [0.5, 0.6) is 11.5 Å². The molecule has 0 amide bonds. The Labute approximate surface area is 282 Å². The highest BCUT2D eigenvalue weighted by Gasteiger charge is 2.58. The molecule has 0 heterocycles. The molecule has 3 aliphatic carbocycles. The van der Waals surface area contributed by atoms with Crippen LogP contribution in [0.15, 0.2) is 42.5 Å². The molecule has 266 valence electrons. The van der Waals surface area contributed by atoms with E-state index in [0.717, 1.165) is 35.7 Å². The van der Waals surface area contributed by atoms with Gasteiger partial charge in [-0.15, -0.1) is 0 Å². The number of benzene rings is 2. The Hall–Kier alpha value is -2.27. The van der Waals surface area contributed by atoms with Gasteiger partial charge in [0.2, 0.25) is 0 Å². The molecule has 0 aromatic heterocycles. The van der Waals surface area contributed by atoms with Crippen molar-refractivity contribution in [3.8, 4) is 11.5 Å². The minimum Gasteiger partial charge on any atom is -0.494 e. The molecule has 0 saturated heterocycles. The minimum absolute atomic E-state index is 0.0538. The van der Waals surface area contributed by atoms with E-state index >= 15 is 0 Å². The van der Waals surface area contributed by atoms with Crippen LogP contribution < -0.4 is 9.47 Å². The third kappa shape index (κ3) is 8.53. The van der Waals surface area contributed by atoms with Gasteiger partial charge in [0, 0.05) is 19.5 Å². The highest BCUT2D eigenvalue weighted by Crippen LogP contribution is 2.69. The Morgan fingerprint density at radius 1 is 0.896 bits per heavy atom. The number of aliphatic hydroxyl groups is 1. The first-order valence-electron chi connectivity index (χ1n) is 16.8. The molecule has 5 atom stereocenters. The van der Waals surface area contributed by atoms with E-state index in [9.17, 15) is 38.6 Å². The Bertz CT molecular complexity index is 1500. The molecular weight excluding hydrogens is 660 g/mol. The third-order valence-electron chi connectivity index (χ3n) is 10.7. The summed E-state index contributed by atoms with van der Waals surface area (Å²) in [6, 6.07) is 13.4. The average molecular weight is 710 g/mol. The van der Waals surface area contributed by atoms with Crippen molar-refractivity contribution in [2.45, 2.75) is 75.9 Å². The van der Waals surface area contributed by atoms with Crippen molar-refractivity contribution in [2.75, 3.05) is 33.4 Å². The van der Waals surface area contributed by atoms with E-state index in [1.165, 1.54) is 43.2 Å². The predicted octanol–water partition coefficient (Wildman–Crippen LogP) is 5.00. The molecule has 2 aromatic rings. The van der Waals surface area contributed by atoms with Gasteiger partial charge in [0.15, 0.2) is 6.61 Å². The number of carbonyl (C=O) groups is 1. The highest BCUT2D eigenvalue weighted by molar-refractivity contribution is 7.72. The number of rotatable bonds is 15. The SMILES string of the molecule is C[C@H]1CC[C@H]2[C@@H]3CCc4cc(OCC(=O)OCc5cccc(OCCCN(C)CCC(O)(P(=O)(O)O)P(=O)(O)O)c5)ccc4[C@H]3CC[C@@H]21. The standard InChI is InChI=1S/C34H49NO11P2/c1-23-7-10-30-28(23)13-14-31-29-12-9-27(20-25(29)8-11-32(30)31)45-22-33(36)46-21-24-5-3-6-26(19-24)44-18-4-16-35(2)17-15-34(37,47(38,39)40)48(41,42)43/h3,5-6,9,12,19-20,23,28,30-32,37H,4,7-8,10-11,13-18,21-22H2,1-2H3,(H2,38,39,40)(H2,41,42,43)/t23-,28+,30+,31+,32-/m0/s1. The molecule has 0 bridgehead atoms. The van der Waals surface area contributed by atoms with Crippen molar-refractivity contribution in [3.05, 3.63) is 59.2 Å². The van der Waals surface area contributed by atoms with E-state index in [4.69, 9.17) is 14.2 Å². The van der Waals surface area contributed by atoms with Gasteiger partial charge in [0.05, 0.1) is 6.61 Å². The first-order valence-corrected chi connectivity index (χ1v) is 20.0. The number of ether oxygens (including phenoxy) is 3. The van der Waals surface area contributed by atoms with Crippen molar-refractivity contribution in [1.82, 2.24) is 4.90 Å². The summed E-state index contributed by atoms with van der Waals surface area (Å²) in [6.07, 6.45) is 7.37. The molecule has 14 heteroatoms. The molecule has 3 aliphatic rings. The van der Waals surface area contributed by atoms with Gasteiger partial charge in [-0.2, -0.15) is 0 Å². The molecule has 0 aliphatic heterocycles. The Balaban J connectivity index is 1.01. The summed E-state index contributed by atoms with van der Waals surface area (Å²) in [5.41, 5.74) is 3.56. The van der Waals surface area contributed by atoms with Gasteiger partial charge >= 0.3 is 21.2 Å². The number of hydrogen-bond acceptors (Lipinski definition) is 8. The lowest BCUT2D eigenvalue weighted by Gasteiger charge is -2.45. The lowest BCUT2D eigenvalue weighted by atomic mass is 9.60. The second kappa shape index (κ2) is 15.3. The van der Waals surface area contributed by atoms with Gasteiger partial charge in [0.1, 0.15) is 18.1 Å². The zero-order valence-electron chi connectivity index (χ0n) is 27.6. The molecule has 48 heavy (non-hydrogen) atoms. The van der Waals surface area contributed by atoms with Crippen LogP contribution in [0.25, 0.3) is 0 Å². The Kier molecular flexibility index (Phi) is 11.8. The topological polar surface area (TPSA) is 183 Å². The lowest BCUT2D eigenvalue weighted by Crippen LogP contribution is -2.35. The van der Waals surface area contributed by atoms with Crippen LogP contribution in [-0.4, -0.2) is 74.0 Å². The van der Waals surface area contributed by atoms with Crippen LogP contribution in [0.1, 0.15) is 74.5 Å². The van der Waals surface area contributed by atoms with E-state index in [0.29, 0.717) is 30.4 Å². The second-order valence-corrected chi connectivity index (χ2v) is 17.9. The monoisotopic (exact) mass is 709 g/mol. The summed E-state index contributed by atoms with van der Waals surface area (Å²) in [6.45, 7) is 2.80. The summed E-state index contributed by atoms with van der Waals surface area (Å²) in [4.78, 5) is 51.2. The van der Waals surface area contributed by atoms with Crippen molar-refractivity contribution in [3.63, 3.8) is 0 Å². The van der Waals surface area contributed by atoms with Gasteiger partial charge in [-0.3, -0.25) is 9.13 Å². The number of fused-ring (bicyclic) bond motifs is 5. The summed E-state index contributed by atoms with van der Waals surface area (Å²) in [7, 11) is -9.37. The van der Waals surface area contributed by atoms with Crippen LogP contribution in [0.4, 0.5) is 0 Å². The lowest BCUT2D eigenvalue weighted by molar-refractivity contribution is -0.147. The largest absolute Gasteiger partial charge is 0.494 e. The van der Waals surface area contributed by atoms with Crippen molar-refractivity contribution >= 4 is 21.2 Å². The van der Waals surface area contributed by atoms with Crippen molar-refractivity contribution < 1.29 is 52.8 Å². The average Bonchev–Trinajstić information content (AvgIpc) is 3.43. The van der Waals surface area contributed by atoms with Gasteiger partial charge in [-0.25, -0.2) is 4.79 Å². The van der Waals surface area contributed by atoms with Crippen LogP contribution in [0.3, 0.4) is 0 Å². The van der Waals surface area contributed by atoms with E-state index < -0.39 is 32.7 Å². The molecule has 2 fully saturated rings. The zero-order chi connectivity index (χ0) is 34.7. The normalized spacial score (nSPS) is 24.0. The summed E-state index contributed by atoms with van der Waals surface area (Å²) in [5, 5.41) is 6.59. The highest BCUT2D eigenvalue weighted by atomic mass is 31.2. The fourth-order valence-electron chi connectivity index (χ4n) is 8.10. The predicted molar refractivity (Wildman–Crippen MR) is 179 cm³/mol. The summed E-state index contributed by atoms with van der Waals surface area (Å²) in [5.74, 6) is 4.89. The fraction of sp³-hybridized carbons (Fsp3) is 0.618. The van der Waals surface area contributed by atoms with Gasteiger partial charge in [-0.1, -0.05) is 31.5 Å². The maximum atomic E-state index is 12.5. The molecule has 5 rings (SSSR count). The van der Waals surface area contributed by atoms with Crippen LogP contribution >= 0.6 is 15.2 Å². The first-order chi connectivity index (χ1) is 22.7. The van der Waals surface area contributed by atoms with Crippen molar-refractivity contribution in [2.24, 2.45) is 23.7 Å². The zero-order valence-corrected chi connectivity index (χ0v) is 29.4. The number of nitrogens with zero attached hydrogens (tertiary/aromatic N) is 1. The molecule has 0 radical (unpaired) electrons. The first kappa shape index (κ1) is 37.0. The quantitative estimate of drug-likeness (QED) is 0.0949. The van der Waals surface area contributed by atoms with Crippen LogP contribution in [-0.2, 0) is 31.7 Å². The summed E-state index contributed by atoms with van der Waals surface area (Å²) < 4.78 is 40.1. The molecule has 2 aromatic carbocycles. The maximum Gasteiger partial charge on any atom is 0.369 e. The third-order valence-corrected chi connectivity index (χ3v) is 14.6. The molecule has 5 N–H and O–H groups in total. The molecule has 12 nitrogen and oxygen atoms in total.